The summed E-state index contributed by atoms with van der Waals surface area (Å²) in [6.07, 6.45) is 9.08. The predicted molar refractivity (Wildman–Crippen MR) is 139 cm³/mol. The number of hydrogen-bond acceptors (Lipinski definition) is 4. The zero-order chi connectivity index (χ0) is 25.0. The van der Waals surface area contributed by atoms with Crippen LogP contribution in [-0.4, -0.2) is 36.2 Å². The van der Waals surface area contributed by atoms with Crippen molar-refractivity contribution in [1.29, 1.82) is 0 Å². The predicted octanol–water partition coefficient (Wildman–Crippen LogP) is 6.36. The van der Waals surface area contributed by atoms with Gasteiger partial charge >= 0.3 is 12.2 Å². The molecular formula is C30H38N2O4. The van der Waals surface area contributed by atoms with Crippen molar-refractivity contribution in [2.45, 2.75) is 82.8 Å². The molecule has 1 saturated heterocycles. The second-order valence-electron chi connectivity index (χ2n) is 10.9. The summed E-state index contributed by atoms with van der Waals surface area (Å²) < 4.78 is 11.5. The van der Waals surface area contributed by atoms with Crippen LogP contribution in [-0.2, 0) is 23.2 Å². The van der Waals surface area contributed by atoms with Gasteiger partial charge in [-0.15, -0.1) is 0 Å². The van der Waals surface area contributed by atoms with Crippen molar-refractivity contribution in [2.24, 2.45) is 5.92 Å². The number of rotatable bonds is 4. The molecule has 2 aromatic carbocycles. The molecule has 6 nitrogen and oxygen atoms in total. The van der Waals surface area contributed by atoms with Crippen molar-refractivity contribution in [3.05, 3.63) is 65.2 Å². The Balaban J connectivity index is 1.35. The third-order valence-corrected chi connectivity index (χ3v) is 8.41. The molecule has 0 spiro atoms. The first kappa shape index (κ1) is 24.7. The lowest BCUT2D eigenvalue weighted by atomic mass is 9.59. The molecule has 1 saturated carbocycles. The molecule has 1 heterocycles. The average Bonchev–Trinajstić information content (AvgIpc) is 2.90. The highest BCUT2D eigenvalue weighted by molar-refractivity contribution is 5.71. The summed E-state index contributed by atoms with van der Waals surface area (Å²) in [4.78, 5) is 27.5. The standard InChI is InChI=1S/C30H38N2O4/c1-30-16-8-3-7-13-24(27(30)31-28(33)35-21-22-11-5-2-6-12-22)19-23-14-15-25(20-26(23)30)36-29(34)32-17-9-4-10-18-32/h2,5-6,11-12,14-15,20,24,27H,3-4,7-10,13,16-19,21H2,1H3,(H,31,33)/t24-,27-,30+/m0/s1. The van der Waals surface area contributed by atoms with Gasteiger partial charge in [0.25, 0.3) is 0 Å². The van der Waals surface area contributed by atoms with Crippen LogP contribution in [0.3, 0.4) is 0 Å². The van der Waals surface area contributed by atoms with Gasteiger partial charge in [-0.3, -0.25) is 0 Å². The van der Waals surface area contributed by atoms with Crippen molar-refractivity contribution < 1.29 is 19.1 Å². The van der Waals surface area contributed by atoms with Crippen LogP contribution in [0.15, 0.2) is 48.5 Å². The van der Waals surface area contributed by atoms with Crippen LogP contribution in [0.5, 0.6) is 5.75 Å². The Kier molecular flexibility index (Phi) is 7.49. The van der Waals surface area contributed by atoms with Gasteiger partial charge in [0.2, 0.25) is 0 Å². The van der Waals surface area contributed by atoms with Crippen LogP contribution >= 0.6 is 0 Å². The van der Waals surface area contributed by atoms with Crippen molar-refractivity contribution in [3.8, 4) is 5.75 Å². The third-order valence-electron chi connectivity index (χ3n) is 8.41. The number of piperidine rings is 1. The van der Waals surface area contributed by atoms with Gasteiger partial charge in [0.15, 0.2) is 0 Å². The van der Waals surface area contributed by atoms with E-state index in [1.165, 1.54) is 30.4 Å². The smallest absolute Gasteiger partial charge is 0.415 e. The maximum atomic E-state index is 12.9. The maximum absolute atomic E-state index is 12.9. The molecule has 0 radical (unpaired) electrons. The number of nitrogens with one attached hydrogen (secondary N) is 1. The van der Waals surface area contributed by atoms with Crippen molar-refractivity contribution in [1.82, 2.24) is 10.2 Å². The summed E-state index contributed by atoms with van der Waals surface area (Å²) in [6, 6.07) is 15.9. The Bertz CT molecular complexity index is 1070. The minimum atomic E-state index is -0.364. The second-order valence-corrected chi connectivity index (χ2v) is 10.9. The van der Waals surface area contributed by atoms with E-state index in [0.717, 1.165) is 57.2 Å². The molecule has 0 unspecified atom stereocenters. The number of carbonyl (C=O) groups excluding carboxylic acids is 2. The lowest BCUT2D eigenvalue weighted by molar-refractivity contribution is 0.110. The van der Waals surface area contributed by atoms with E-state index in [4.69, 9.17) is 9.47 Å². The molecule has 2 bridgehead atoms. The number of ether oxygens (including phenoxy) is 2. The number of carbonyl (C=O) groups is 2. The molecule has 36 heavy (non-hydrogen) atoms. The van der Waals surface area contributed by atoms with Gasteiger partial charge in [-0.25, -0.2) is 9.59 Å². The lowest BCUT2D eigenvalue weighted by Gasteiger charge is -2.49. The van der Waals surface area contributed by atoms with Gasteiger partial charge in [0, 0.05) is 24.5 Å². The fraction of sp³-hybridized carbons (Fsp3) is 0.533. The van der Waals surface area contributed by atoms with E-state index in [-0.39, 0.29) is 30.3 Å². The first-order valence-corrected chi connectivity index (χ1v) is 13.6. The zero-order valence-corrected chi connectivity index (χ0v) is 21.3. The molecule has 2 aliphatic carbocycles. The maximum Gasteiger partial charge on any atom is 0.415 e. The molecular weight excluding hydrogens is 452 g/mol. The van der Waals surface area contributed by atoms with Gasteiger partial charge in [0.05, 0.1) is 0 Å². The quantitative estimate of drug-likeness (QED) is 0.541. The molecule has 192 valence electrons. The number of nitrogens with zero attached hydrogens (tertiary/aromatic N) is 1. The minimum Gasteiger partial charge on any atom is -0.445 e. The summed E-state index contributed by atoms with van der Waals surface area (Å²) in [7, 11) is 0. The number of fused-ring (bicyclic) bond motifs is 4. The van der Waals surface area contributed by atoms with E-state index < -0.39 is 0 Å². The zero-order valence-electron chi connectivity index (χ0n) is 21.3. The van der Waals surface area contributed by atoms with E-state index in [2.05, 4.69) is 24.4 Å². The van der Waals surface area contributed by atoms with Crippen LogP contribution in [0, 0.1) is 5.92 Å². The van der Waals surface area contributed by atoms with Crippen molar-refractivity contribution in [3.63, 3.8) is 0 Å². The summed E-state index contributed by atoms with van der Waals surface area (Å²) >= 11 is 0. The average molecular weight is 491 g/mol. The van der Waals surface area contributed by atoms with Crippen molar-refractivity contribution >= 4 is 12.2 Å². The van der Waals surface area contributed by atoms with E-state index in [1.807, 2.05) is 41.3 Å². The molecule has 2 amide bonds. The van der Waals surface area contributed by atoms with E-state index >= 15 is 0 Å². The summed E-state index contributed by atoms with van der Waals surface area (Å²) in [6.45, 7) is 4.05. The molecule has 0 aromatic heterocycles. The highest BCUT2D eigenvalue weighted by atomic mass is 16.6. The molecule has 6 heteroatoms. The van der Waals surface area contributed by atoms with E-state index in [0.29, 0.717) is 11.7 Å². The SMILES string of the molecule is C[C@@]12CCCCC[C@@H](Cc3ccc(OC(=O)N4CCCCC4)cc31)[C@@H]2NC(=O)OCc1ccccc1. The summed E-state index contributed by atoms with van der Waals surface area (Å²) in [5.74, 6) is 0.949. The molecule has 5 rings (SSSR count). The molecule has 2 aromatic rings. The van der Waals surface area contributed by atoms with Crippen LogP contribution in [0.1, 0.15) is 75.0 Å². The summed E-state index contributed by atoms with van der Waals surface area (Å²) in [5.41, 5.74) is 3.22. The molecule has 1 aliphatic heterocycles. The highest BCUT2D eigenvalue weighted by Crippen LogP contribution is 2.47. The van der Waals surface area contributed by atoms with Gasteiger partial charge in [-0.05, 0) is 73.3 Å². The lowest BCUT2D eigenvalue weighted by Crippen LogP contribution is -2.57. The number of benzene rings is 2. The molecule has 1 N–H and O–H groups in total. The topological polar surface area (TPSA) is 67.9 Å². The Morgan fingerprint density at radius 3 is 2.58 bits per heavy atom. The Morgan fingerprint density at radius 2 is 1.78 bits per heavy atom. The van der Waals surface area contributed by atoms with Crippen LogP contribution in [0.25, 0.3) is 0 Å². The van der Waals surface area contributed by atoms with Crippen LogP contribution < -0.4 is 10.1 Å². The third kappa shape index (κ3) is 5.37. The normalized spacial score (nSPS) is 25.6. The highest BCUT2D eigenvalue weighted by Gasteiger charge is 2.47. The fourth-order valence-electron chi connectivity index (χ4n) is 6.46. The van der Waals surface area contributed by atoms with Gasteiger partial charge in [0.1, 0.15) is 12.4 Å². The largest absolute Gasteiger partial charge is 0.445 e. The Hall–Kier alpha value is -3.02. The molecule has 3 aliphatic rings. The Morgan fingerprint density at radius 1 is 1.00 bits per heavy atom. The monoisotopic (exact) mass is 490 g/mol. The van der Waals surface area contributed by atoms with Gasteiger partial charge in [-0.2, -0.15) is 0 Å². The number of hydrogen-bond donors (Lipinski definition) is 1. The fourth-order valence-corrected chi connectivity index (χ4v) is 6.46. The first-order valence-electron chi connectivity index (χ1n) is 13.6. The van der Waals surface area contributed by atoms with Crippen molar-refractivity contribution in [2.75, 3.05) is 13.1 Å². The molecule has 2 fully saturated rings. The van der Waals surface area contributed by atoms with E-state index in [1.54, 1.807) is 0 Å². The van der Waals surface area contributed by atoms with Crippen LogP contribution in [0.2, 0.25) is 0 Å². The summed E-state index contributed by atoms with van der Waals surface area (Å²) in [5, 5.41) is 3.28. The van der Waals surface area contributed by atoms with Gasteiger partial charge in [-0.1, -0.05) is 62.6 Å². The minimum absolute atomic E-state index is 0.0263. The number of amides is 2. The van der Waals surface area contributed by atoms with E-state index in [9.17, 15) is 9.59 Å². The first-order chi connectivity index (χ1) is 17.5. The Labute approximate surface area is 214 Å². The van der Waals surface area contributed by atoms with Gasteiger partial charge < -0.3 is 19.7 Å². The molecule has 3 atom stereocenters. The number of likely N-dealkylation sites (tertiary alicyclic amines) is 1. The number of alkyl carbamates (subject to hydrolysis) is 1. The second kappa shape index (κ2) is 10.9. The van der Waals surface area contributed by atoms with Crippen LogP contribution in [0.4, 0.5) is 9.59 Å².